The van der Waals surface area contributed by atoms with Gasteiger partial charge in [-0.1, -0.05) is 18.1 Å². The third-order valence-corrected chi connectivity index (χ3v) is 2.83. The number of nitrogens with zero attached hydrogens (tertiary/aromatic N) is 1. The highest BCUT2D eigenvalue weighted by atomic mass is 16.5. The molecule has 0 atom stereocenters. The van der Waals surface area contributed by atoms with E-state index in [4.69, 9.17) is 15.7 Å². The highest BCUT2D eigenvalue weighted by Gasteiger charge is 2.09. The van der Waals surface area contributed by atoms with Crippen LogP contribution in [-0.2, 0) is 11.3 Å². The molecule has 0 unspecified atom stereocenters. The second-order valence-electron chi connectivity index (χ2n) is 4.47. The van der Waals surface area contributed by atoms with E-state index in [-0.39, 0.29) is 18.3 Å². The van der Waals surface area contributed by atoms with E-state index in [1.165, 1.54) is 7.11 Å². The molecule has 0 aliphatic carbocycles. The Balaban J connectivity index is 2.62. The van der Waals surface area contributed by atoms with Gasteiger partial charge in [-0.2, -0.15) is 0 Å². The van der Waals surface area contributed by atoms with Crippen LogP contribution >= 0.6 is 0 Å². The summed E-state index contributed by atoms with van der Waals surface area (Å²) in [6, 6.07) is 5.34. The van der Waals surface area contributed by atoms with E-state index in [0.29, 0.717) is 24.4 Å². The highest BCUT2D eigenvalue weighted by molar-refractivity contribution is 5.99. The number of benzene rings is 1. The molecule has 1 amide bonds. The number of carbonyl (C=O) groups is 1. The van der Waals surface area contributed by atoms with Crippen molar-refractivity contribution in [3.05, 3.63) is 29.3 Å². The van der Waals surface area contributed by atoms with Gasteiger partial charge in [0.1, 0.15) is 5.75 Å². The second kappa shape index (κ2) is 8.80. The first-order valence-electron chi connectivity index (χ1n) is 6.74. The first-order chi connectivity index (χ1) is 10.1. The summed E-state index contributed by atoms with van der Waals surface area (Å²) in [5.41, 5.74) is 7.02. The quantitative estimate of drug-likeness (QED) is 0.240. The van der Waals surface area contributed by atoms with Crippen molar-refractivity contribution < 1.29 is 14.7 Å². The fourth-order valence-electron chi connectivity index (χ4n) is 1.77. The lowest BCUT2D eigenvalue weighted by Crippen LogP contribution is -2.34. The molecule has 1 aromatic rings. The van der Waals surface area contributed by atoms with Crippen LogP contribution in [0.4, 0.5) is 0 Å². The molecule has 0 heterocycles. The van der Waals surface area contributed by atoms with Crippen molar-refractivity contribution in [1.29, 1.82) is 0 Å². The van der Waals surface area contributed by atoms with E-state index in [2.05, 4.69) is 15.8 Å². The van der Waals surface area contributed by atoms with Crippen molar-refractivity contribution in [3.8, 4) is 5.75 Å². The monoisotopic (exact) mass is 294 g/mol. The van der Waals surface area contributed by atoms with Gasteiger partial charge in [-0.25, -0.2) is 0 Å². The first kappa shape index (κ1) is 16.8. The number of carbonyl (C=O) groups excluding carboxylic acids is 1. The van der Waals surface area contributed by atoms with Crippen molar-refractivity contribution in [2.45, 2.75) is 19.9 Å². The van der Waals surface area contributed by atoms with Crippen LogP contribution in [0.3, 0.4) is 0 Å². The van der Waals surface area contributed by atoms with Crippen LogP contribution in [0.1, 0.15) is 24.5 Å². The molecule has 0 saturated carbocycles. The standard InChI is InChI=1S/C14H22N4O3/c1-3-6-17-13(19)9-16-8-10-4-5-12(21-2)11(7-10)14(15)18-20/h4-5,7,16,20H,3,6,8-9H2,1-2H3,(H2,15,18)(H,17,19). The van der Waals surface area contributed by atoms with Crippen molar-refractivity contribution in [2.24, 2.45) is 10.9 Å². The number of ether oxygens (including phenoxy) is 1. The number of nitrogens with one attached hydrogen (secondary N) is 2. The molecule has 116 valence electrons. The summed E-state index contributed by atoms with van der Waals surface area (Å²) in [7, 11) is 1.51. The Hall–Kier alpha value is -2.28. The van der Waals surface area contributed by atoms with Gasteiger partial charge in [0.15, 0.2) is 5.84 Å². The van der Waals surface area contributed by atoms with Gasteiger partial charge in [0.05, 0.1) is 19.2 Å². The molecule has 21 heavy (non-hydrogen) atoms. The number of amidine groups is 1. The van der Waals surface area contributed by atoms with Crippen molar-refractivity contribution in [1.82, 2.24) is 10.6 Å². The fourth-order valence-corrected chi connectivity index (χ4v) is 1.77. The number of rotatable bonds is 8. The Bertz CT molecular complexity index is 503. The Kier molecular flexibility index (Phi) is 7.03. The molecule has 0 aliphatic heterocycles. The van der Waals surface area contributed by atoms with E-state index >= 15 is 0 Å². The van der Waals surface area contributed by atoms with Crippen molar-refractivity contribution >= 4 is 11.7 Å². The van der Waals surface area contributed by atoms with Gasteiger partial charge < -0.3 is 26.3 Å². The number of amides is 1. The molecule has 0 radical (unpaired) electrons. The molecule has 7 heteroatoms. The highest BCUT2D eigenvalue weighted by Crippen LogP contribution is 2.19. The van der Waals surface area contributed by atoms with Crippen LogP contribution in [0.2, 0.25) is 0 Å². The van der Waals surface area contributed by atoms with E-state index in [0.717, 1.165) is 12.0 Å². The molecule has 0 saturated heterocycles. The van der Waals surface area contributed by atoms with Crippen LogP contribution < -0.4 is 21.1 Å². The third kappa shape index (κ3) is 5.31. The van der Waals surface area contributed by atoms with E-state index in [1.807, 2.05) is 13.0 Å². The summed E-state index contributed by atoms with van der Waals surface area (Å²) in [4.78, 5) is 11.4. The van der Waals surface area contributed by atoms with Gasteiger partial charge in [-0.3, -0.25) is 4.79 Å². The maximum Gasteiger partial charge on any atom is 0.233 e. The largest absolute Gasteiger partial charge is 0.496 e. The van der Waals surface area contributed by atoms with Crippen LogP contribution in [0.5, 0.6) is 5.75 Å². The smallest absolute Gasteiger partial charge is 0.233 e. The summed E-state index contributed by atoms with van der Waals surface area (Å²) < 4.78 is 5.15. The maximum absolute atomic E-state index is 11.4. The minimum atomic E-state index is -0.0398. The summed E-state index contributed by atoms with van der Waals surface area (Å²) in [6.45, 7) is 3.41. The normalized spacial score (nSPS) is 11.2. The lowest BCUT2D eigenvalue weighted by Gasteiger charge is -2.10. The lowest BCUT2D eigenvalue weighted by molar-refractivity contribution is -0.120. The zero-order valence-electron chi connectivity index (χ0n) is 12.3. The Morgan fingerprint density at radius 2 is 2.24 bits per heavy atom. The average molecular weight is 294 g/mol. The number of methoxy groups -OCH3 is 1. The molecule has 1 aromatic carbocycles. The van der Waals surface area contributed by atoms with Crippen LogP contribution in [-0.4, -0.2) is 37.1 Å². The predicted molar refractivity (Wildman–Crippen MR) is 80.5 cm³/mol. The number of oxime groups is 1. The van der Waals surface area contributed by atoms with E-state index in [9.17, 15) is 4.79 Å². The lowest BCUT2D eigenvalue weighted by atomic mass is 10.1. The minimum absolute atomic E-state index is 0.0191. The van der Waals surface area contributed by atoms with Crippen LogP contribution in [0.25, 0.3) is 0 Å². The zero-order chi connectivity index (χ0) is 15.7. The summed E-state index contributed by atoms with van der Waals surface area (Å²) in [5.74, 6) is 0.464. The van der Waals surface area contributed by atoms with Gasteiger partial charge in [0.2, 0.25) is 5.91 Å². The summed E-state index contributed by atoms with van der Waals surface area (Å²) >= 11 is 0. The second-order valence-corrected chi connectivity index (χ2v) is 4.47. The molecule has 1 rings (SSSR count). The predicted octanol–water partition coefficient (Wildman–Crippen LogP) is 0.406. The Morgan fingerprint density at radius 1 is 1.48 bits per heavy atom. The van der Waals surface area contributed by atoms with E-state index < -0.39 is 0 Å². The van der Waals surface area contributed by atoms with Gasteiger partial charge in [-0.05, 0) is 24.1 Å². The molecule has 0 aliphatic rings. The summed E-state index contributed by atoms with van der Waals surface area (Å²) in [5, 5.41) is 17.6. The molecule has 0 fully saturated rings. The van der Waals surface area contributed by atoms with Crippen molar-refractivity contribution in [3.63, 3.8) is 0 Å². The number of hydrogen-bond acceptors (Lipinski definition) is 5. The van der Waals surface area contributed by atoms with Crippen LogP contribution in [0.15, 0.2) is 23.4 Å². The van der Waals surface area contributed by atoms with Gasteiger partial charge in [-0.15, -0.1) is 0 Å². The topological polar surface area (TPSA) is 109 Å². The van der Waals surface area contributed by atoms with Gasteiger partial charge in [0.25, 0.3) is 0 Å². The first-order valence-corrected chi connectivity index (χ1v) is 6.74. The fraction of sp³-hybridized carbons (Fsp3) is 0.429. The molecular weight excluding hydrogens is 272 g/mol. The van der Waals surface area contributed by atoms with Crippen molar-refractivity contribution in [2.75, 3.05) is 20.2 Å². The van der Waals surface area contributed by atoms with E-state index in [1.54, 1.807) is 12.1 Å². The SMILES string of the molecule is CCCNC(=O)CNCc1ccc(OC)c(C(N)=NO)c1. The number of nitrogens with two attached hydrogens (primary N) is 1. The van der Waals surface area contributed by atoms with Gasteiger partial charge in [0, 0.05) is 13.1 Å². The average Bonchev–Trinajstić information content (AvgIpc) is 2.52. The zero-order valence-corrected chi connectivity index (χ0v) is 12.3. The molecule has 0 aromatic heterocycles. The third-order valence-electron chi connectivity index (χ3n) is 2.83. The molecule has 5 N–H and O–H groups in total. The van der Waals surface area contributed by atoms with Crippen LogP contribution in [0, 0.1) is 0 Å². The molecule has 0 spiro atoms. The maximum atomic E-state index is 11.4. The Labute approximate surface area is 124 Å². The number of hydrogen-bond donors (Lipinski definition) is 4. The molecule has 7 nitrogen and oxygen atoms in total. The van der Waals surface area contributed by atoms with Gasteiger partial charge >= 0.3 is 0 Å². The summed E-state index contributed by atoms with van der Waals surface area (Å²) in [6.07, 6.45) is 0.910. The molecular formula is C14H22N4O3. The minimum Gasteiger partial charge on any atom is -0.496 e. The molecule has 0 bridgehead atoms. The Morgan fingerprint density at radius 3 is 2.86 bits per heavy atom.